The van der Waals surface area contributed by atoms with Crippen molar-refractivity contribution in [3.05, 3.63) is 24.3 Å². The molecule has 0 spiro atoms. The van der Waals surface area contributed by atoms with Gasteiger partial charge in [-0.05, 0) is 44.0 Å². The van der Waals surface area contributed by atoms with Crippen LogP contribution in [0.3, 0.4) is 0 Å². The standard InChI is InChI=1S/C14H18F3NO3/c1-13(12(19)20,8-3-9-14(15,16)17)18-10-4-6-11(21-2)7-5-10/h4-7,18H,3,8-9H2,1-2H3,(H,19,20). The first-order chi connectivity index (χ1) is 9.66. The number of carboxylic acid groups (broad SMARTS) is 1. The van der Waals surface area contributed by atoms with Crippen molar-refractivity contribution in [2.45, 2.75) is 37.9 Å². The normalized spacial score (nSPS) is 14.3. The number of aliphatic carboxylic acids is 1. The van der Waals surface area contributed by atoms with E-state index in [0.29, 0.717) is 11.4 Å². The molecule has 1 aromatic carbocycles. The molecular weight excluding hydrogens is 287 g/mol. The number of rotatable bonds is 7. The molecule has 1 aromatic rings. The maximum atomic E-state index is 12.2. The molecule has 7 heteroatoms. The van der Waals surface area contributed by atoms with Crippen LogP contribution in [0, 0.1) is 0 Å². The van der Waals surface area contributed by atoms with E-state index in [2.05, 4.69) is 5.32 Å². The molecule has 0 fully saturated rings. The minimum absolute atomic E-state index is 0.131. The Bertz CT molecular complexity index is 473. The van der Waals surface area contributed by atoms with Gasteiger partial charge in [0.15, 0.2) is 0 Å². The van der Waals surface area contributed by atoms with Crippen LogP contribution < -0.4 is 10.1 Å². The number of anilines is 1. The monoisotopic (exact) mass is 305 g/mol. The maximum absolute atomic E-state index is 12.2. The van der Waals surface area contributed by atoms with Gasteiger partial charge in [0.2, 0.25) is 0 Å². The lowest BCUT2D eigenvalue weighted by atomic mass is 9.94. The number of halogens is 3. The number of carbonyl (C=O) groups is 1. The first-order valence-corrected chi connectivity index (χ1v) is 6.39. The van der Waals surface area contributed by atoms with E-state index in [1.807, 2.05) is 0 Å². The van der Waals surface area contributed by atoms with Gasteiger partial charge in [0, 0.05) is 12.1 Å². The van der Waals surface area contributed by atoms with E-state index in [-0.39, 0.29) is 12.8 Å². The van der Waals surface area contributed by atoms with Crippen LogP contribution in [0.5, 0.6) is 5.75 Å². The quantitative estimate of drug-likeness (QED) is 0.806. The molecule has 0 aromatic heterocycles. The summed E-state index contributed by atoms with van der Waals surface area (Å²) in [5.74, 6) is -0.588. The zero-order valence-corrected chi connectivity index (χ0v) is 11.8. The highest BCUT2D eigenvalue weighted by Crippen LogP contribution is 2.27. The summed E-state index contributed by atoms with van der Waals surface area (Å²) in [6.07, 6.45) is -5.66. The molecule has 0 saturated heterocycles. The lowest BCUT2D eigenvalue weighted by Crippen LogP contribution is -2.43. The van der Waals surface area contributed by atoms with Gasteiger partial charge in [0.25, 0.3) is 0 Å². The summed E-state index contributed by atoms with van der Waals surface area (Å²) in [7, 11) is 1.50. The first-order valence-electron chi connectivity index (χ1n) is 6.39. The van der Waals surface area contributed by atoms with Crippen molar-refractivity contribution in [2.75, 3.05) is 12.4 Å². The minimum atomic E-state index is -4.28. The van der Waals surface area contributed by atoms with Gasteiger partial charge in [-0.1, -0.05) is 0 Å². The second-order valence-electron chi connectivity index (χ2n) is 4.96. The van der Waals surface area contributed by atoms with Gasteiger partial charge in [-0.25, -0.2) is 4.79 Å². The van der Waals surface area contributed by atoms with Crippen LogP contribution in [0.15, 0.2) is 24.3 Å². The topological polar surface area (TPSA) is 58.6 Å². The number of carboxylic acids is 1. The molecule has 0 aliphatic heterocycles. The maximum Gasteiger partial charge on any atom is 0.389 e. The molecule has 4 nitrogen and oxygen atoms in total. The molecule has 0 amide bonds. The number of hydrogen-bond donors (Lipinski definition) is 2. The number of hydrogen-bond acceptors (Lipinski definition) is 3. The second kappa shape index (κ2) is 6.69. The van der Waals surface area contributed by atoms with Crippen LogP contribution in [0.1, 0.15) is 26.2 Å². The van der Waals surface area contributed by atoms with Gasteiger partial charge in [-0.2, -0.15) is 13.2 Å². The number of ether oxygens (including phenoxy) is 1. The molecular formula is C14H18F3NO3. The SMILES string of the molecule is COc1ccc(NC(C)(CCCC(F)(F)F)C(=O)O)cc1. The van der Waals surface area contributed by atoms with E-state index in [9.17, 15) is 23.1 Å². The van der Waals surface area contributed by atoms with Crippen molar-refractivity contribution < 1.29 is 27.8 Å². The predicted molar refractivity (Wildman–Crippen MR) is 72.6 cm³/mol. The summed E-state index contributed by atoms with van der Waals surface area (Å²) in [5.41, 5.74) is -0.951. The fraction of sp³-hybridized carbons (Fsp3) is 0.500. The average Bonchev–Trinajstić information content (AvgIpc) is 2.38. The second-order valence-corrected chi connectivity index (χ2v) is 4.96. The molecule has 1 atom stereocenters. The Balaban J connectivity index is 2.72. The Labute approximate surface area is 120 Å². The molecule has 0 aliphatic carbocycles. The fourth-order valence-electron chi connectivity index (χ4n) is 1.86. The van der Waals surface area contributed by atoms with E-state index in [4.69, 9.17) is 4.74 Å². The molecule has 0 aliphatic rings. The van der Waals surface area contributed by atoms with Crippen molar-refractivity contribution in [1.29, 1.82) is 0 Å². The van der Waals surface area contributed by atoms with Gasteiger partial charge >= 0.3 is 12.1 Å². The Morgan fingerprint density at radius 2 is 1.81 bits per heavy atom. The summed E-state index contributed by atoms with van der Waals surface area (Å²) < 4.78 is 41.5. The van der Waals surface area contributed by atoms with Gasteiger partial charge < -0.3 is 15.2 Å². The third-order valence-electron chi connectivity index (χ3n) is 3.12. The van der Waals surface area contributed by atoms with Crippen LogP contribution >= 0.6 is 0 Å². The Hall–Kier alpha value is -1.92. The molecule has 1 rings (SSSR count). The molecule has 21 heavy (non-hydrogen) atoms. The predicted octanol–water partition coefficient (Wildman–Crippen LogP) is 3.68. The van der Waals surface area contributed by atoms with E-state index < -0.39 is 24.1 Å². The van der Waals surface area contributed by atoms with Crippen molar-refractivity contribution in [1.82, 2.24) is 0 Å². The smallest absolute Gasteiger partial charge is 0.389 e. The molecule has 2 N–H and O–H groups in total. The highest BCUT2D eigenvalue weighted by Gasteiger charge is 2.35. The lowest BCUT2D eigenvalue weighted by Gasteiger charge is -2.27. The van der Waals surface area contributed by atoms with E-state index in [0.717, 1.165) is 0 Å². The van der Waals surface area contributed by atoms with Crippen LogP contribution in [0.25, 0.3) is 0 Å². The average molecular weight is 305 g/mol. The van der Waals surface area contributed by atoms with Gasteiger partial charge in [-0.3, -0.25) is 0 Å². The van der Waals surface area contributed by atoms with Crippen molar-refractivity contribution in [2.24, 2.45) is 0 Å². The third-order valence-corrected chi connectivity index (χ3v) is 3.12. The number of benzene rings is 1. The molecule has 0 bridgehead atoms. The lowest BCUT2D eigenvalue weighted by molar-refractivity contribution is -0.145. The zero-order chi connectivity index (χ0) is 16.1. The number of nitrogens with one attached hydrogen (secondary N) is 1. The minimum Gasteiger partial charge on any atom is -0.497 e. The van der Waals surface area contributed by atoms with E-state index >= 15 is 0 Å². The van der Waals surface area contributed by atoms with E-state index in [1.165, 1.54) is 14.0 Å². The molecule has 0 heterocycles. The largest absolute Gasteiger partial charge is 0.497 e. The van der Waals surface area contributed by atoms with Crippen molar-refractivity contribution in [3.8, 4) is 5.75 Å². The van der Waals surface area contributed by atoms with Gasteiger partial charge in [0.1, 0.15) is 11.3 Å². The third kappa shape index (κ3) is 5.53. The molecule has 0 radical (unpaired) electrons. The van der Waals surface area contributed by atoms with Crippen LogP contribution in [-0.2, 0) is 4.79 Å². The summed E-state index contributed by atoms with van der Waals surface area (Å²) >= 11 is 0. The van der Waals surface area contributed by atoms with Crippen LogP contribution in [0.2, 0.25) is 0 Å². The highest BCUT2D eigenvalue weighted by atomic mass is 19.4. The molecule has 118 valence electrons. The zero-order valence-electron chi connectivity index (χ0n) is 11.8. The number of methoxy groups -OCH3 is 1. The van der Waals surface area contributed by atoms with Gasteiger partial charge in [-0.15, -0.1) is 0 Å². The van der Waals surface area contributed by atoms with Crippen LogP contribution in [0.4, 0.5) is 18.9 Å². The Morgan fingerprint density at radius 1 is 1.24 bits per heavy atom. The first kappa shape index (κ1) is 17.1. The molecule has 1 unspecified atom stereocenters. The van der Waals surface area contributed by atoms with Crippen LogP contribution in [-0.4, -0.2) is 29.9 Å². The van der Waals surface area contributed by atoms with Gasteiger partial charge in [0.05, 0.1) is 7.11 Å². The Morgan fingerprint density at radius 3 is 2.24 bits per heavy atom. The fourth-order valence-corrected chi connectivity index (χ4v) is 1.86. The van der Waals surface area contributed by atoms with Crippen molar-refractivity contribution in [3.63, 3.8) is 0 Å². The molecule has 0 saturated carbocycles. The number of alkyl halides is 3. The summed E-state index contributed by atoms with van der Waals surface area (Å²) in [6, 6.07) is 6.51. The summed E-state index contributed by atoms with van der Waals surface area (Å²) in [6.45, 7) is 1.37. The van der Waals surface area contributed by atoms with E-state index in [1.54, 1.807) is 24.3 Å². The highest BCUT2D eigenvalue weighted by molar-refractivity contribution is 5.82. The van der Waals surface area contributed by atoms with Crippen molar-refractivity contribution >= 4 is 11.7 Å². The summed E-state index contributed by atoms with van der Waals surface area (Å²) in [4.78, 5) is 11.3. The summed E-state index contributed by atoms with van der Waals surface area (Å²) in [5, 5.41) is 12.0. The Kier molecular flexibility index (Phi) is 5.46.